The van der Waals surface area contributed by atoms with Crippen molar-refractivity contribution >= 4 is 11.4 Å². The maximum absolute atomic E-state index is 10.7. The molecule has 1 aromatic carbocycles. The molecule has 90 valence electrons. The highest BCUT2D eigenvalue weighted by Gasteiger charge is 2.32. The van der Waals surface area contributed by atoms with E-state index in [0.717, 1.165) is 0 Å². The van der Waals surface area contributed by atoms with Crippen LogP contribution >= 0.6 is 0 Å². The number of hydrogen-bond acceptors (Lipinski definition) is 5. The van der Waals surface area contributed by atoms with Crippen LogP contribution in [0.2, 0.25) is 0 Å². The number of oxime groups is 1. The molecule has 1 aliphatic rings. The summed E-state index contributed by atoms with van der Waals surface area (Å²) in [5.41, 5.74) is 0.346. The van der Waals surface area contributed by atoms with Gasteiger partial charge in [-0.05, 0) is 19.9 Å². The molecule has 1 aromatic rings. The molecule has 2 rings (SSSR count). The fourth-order valence-electron chi connectivity index (χ4n) is 1.87. The maximum Gasteiger partial charge on any atom is 0.270 e. The number of hydrogen-bond donors (Lipinski definition) is 1. The standard InChI is InChI=1S/C11H12N2O4/c1-11(2)6-9(12-14)8-5-7(13(15)16)3-4-10(8)17-11/h3-5,14H,6H2,1-2H3/b12-9+. The minimum absolute atomic E-state index is 0.0480. The molecule has 1 N–H and O–H groups in total. The highest BCUT2D eigenvalue weighted by molar-refractivity contribution is 6.04. The van der Waals surface area contributed by atoms with E-state index in [0.29, 0.717) is 23.4 Å². The zero-order chi connectivity index (χ0) is 12.6. The molecule has 0 spiro atoms. The van der Waals surface area contributed by atoms with E-state index in [2.05, 4.69) is 5.16 Å². The van der Waals surface area contributed by atoms with Crippen molar-refractivity contribution < 1.29 is 14.9 Å². The fourth-order valence-corrected chi connectivity index (χ4v) is 1.87. The Balaban J connectivity index is 2.54. The number of ether oxygens (including phenoxy) is 1. The summed E-state index contributed by atoms with van der Waals surface area (Å²) in [6.07, 6.45) is 0.400. The van der Waals surface area contributed by atoms with E-state index in [1.54, 1.807) is 0 Å². The van der Waals surface area contributed by atoms with Gasteiger partial charge in [0.15, 0.2) is 0 Å². The lowest BCUT2D eigenvalue weighted by Gasteiger charge is -2.32. The SMILES string of the molecule is CC1(C)C/C(=N\O)c2cc([N+](=O)[O-])ccc2O1. The molecule has 0 aromatic heterocycles. The minimum atomic E-state index is -0.491. The van der Waals surface area contributed by atoms with Gasteiger partial charge in [0, 0.05) is 24.1 Å². The van der Waals surface area contributed by atoms with Crippen molar-refractivity contribution in [2.24, 2.45) is 5.16 Å². The second-order valence-corrected chi connectivity index (χ2v) is 4.52. The Kier molecular flexibility index (Phi) is 2.49. The van der Waals surface area contributed by atoms with Crippen LogP contribution in [0, 0.1) is 10.1 Å². The molecule has 0 saturated carbocycles. The van der Waals surface area contributed by atoms with E-state index in [9.17, 15) is 10.1 Å². The van der Waals surface area contributed by atoms with Crippen molar-refractivity contribution in [1.82, 2.24) is 0 Å². The average Bonchev–Trinajstić information content (AvgIpc) is 2.26. The minimum Gasteiger partial charge on any atom is -0.487 e. The lowest BCUT2D eigenvalue weighted by Crippen LogP contribution is -2.36. The van der Waals surface area contributed by atoms with Crippen molar-refractivity contribution in [3.05, 3.63) is 33.9 Å². The first-order chi connectivity index (χ1) is 7.93. The Morgan fingerprint density at radius 3 is 2.82 bits per heavy atom. The van der Waals surface area contributed by atoms with Gasteiger partial charge in [-0.25, -0.2) is 0 Å². The van der Waals surface area contributed by atoms with Gasteiger partial charge in [-0.2, -0.15) is 0 Å². The van der Waals surface area contributed by atoms with Crippen LogP contribution in [0.1, 0.15) is 25.8 Å². The quantitative estimate of drug-likeness (QED) is 0.460. The molecule has 0 atom stereocenters. The molecule has 6 heteroatoms. The molecule has 0 fully saturated rings. The molecular weight excluding hydrogens is 224 g/mol. The second kappa shape index (κ2) is 3.73. The van der Waals surface area contributed by atoms with Crippen LogP contribution in [0.15, 0.2) is 23.4 Å². The van der Waals surface area contributed by atoms with Crippen LogP contribution in [-0.2, 0) is 0 Å². The molecule has 6 nitrogen and oxygen atoms in total. The molecular formula is C11H12N2O4. The van der Waals surface area contributed by atoms with Crippen LogP contribution in [0.25, 0.3) is 0 Å². The topological polar surface area (TPSA) is 85.0 Å². The molecule has 0 radical (unpaired) electrons. The highest BCUT2D eigenvalue weighted by Crippen LogP contribution is 2.35. The molecule has 1 aliphatic heterocycles. The van der Waals surface area contributed by atoms with Crippen LogP contribution in [0.4, 0.5) is 5.69 Å². The number of nitro benzene ring substituents is 1. The summed E-state index contributed by atoms with van der Waals surface area (Å²) in [5.74, 6) is 0.500. The summed E-state index contributed by atoms with van der Waals surface area (Å²) in [4.78, 5) is 10.2. The Hall–Kier alpha value is -2.11. The van der Waals surface area contributed by atoms with Crippen LogP contribution in [0.5, 0.6) is 5.75 Å². The molecule has 17 heavy (non-hydrogen) atoms. The van der Waals surface area contributed by atoms with Gasteiger partial charge < -0.3 is 9.94 Å². The zero-order valence-corrected chi connectivity index (χ0v) is 9.51. The lowest BCUT2D eigenvalue weighted by atomic mass is 9.92. The van der Waals surface area contributed by atoms with Crippen molar-refractivity contribution in [3.8, 4) is 5.75 Å². The lowest BCUT2D eigenvalue weighted by molar-refractivity contribution is -0.384. The van der Waals surface area contributed by atoms with Crippen molar-refractivity contribution in [2.45, 2.75) is 25.9 Å². The van der Waals surface area contributed by atoms with Gasteiger partial charge in [-0.3, -0.25) is 10.1 Å². The Morgan fingerprint density at radius 2 is 2.24 bits per heavy atom. The largest absolute Gasteiger partial charge is 0.487 e. The Morgan fingerprint density at radius 1 is 1.53 bits per heavy atom. The van der Waals surface area contributed by atoms with E-state index < -0.39 is 10.5 Å². The van der Waals surface area contributed by atoms with E-state index >= 15 is 0 Å². The van der Waals surface area contributed by atoms with Gasteiger partial charge in [-0.1, -0.05) is 5.16 Å². The number of non-ortho nitro benzene ring substituents is 1. The number of nitro groups is 1. The monoisotopic (exact) mass is 236 g/mol. The second-order valence-electron chi connectivity index (χ2n) is 4.52. The third-order valence-electron chi connectivity index (χ3n) is 2.58. The molecule has 0 aliphatic carbocycles. The van der Waals surface area contributed by atoms with Crippen molar-refractivity contribution in [1.29, 1.82) is 0 Å². The zero-order valence-electron chi connectivity index (χ0n) is 9.51. The third-order valence-corrected chi connectivity index (χ3v) is 2.58. The van der Waals surface area contributed by atoms with E-state index in [1.165, 1.54) is 18.2 Å². The number of benzene rings is 1. The van der Waals surface area contributed by atoms with Gasteiger partial charge in [-0.15, -0.1) is 0 Å². The molecule has 1 heterocycles. The fraction of sp³-hybridized carbons (Fsp3) is 0.364. The smallest absolute Gasteiger partial charge is 0.270 e. The predicted molar refractivity (Wildman–Crippen MR) is 60.7 cm³/mol. The summed E-state index contributed by atoms with van der Waals surface area (Å²) >= 11 is 0. The predicted octanol–water partition coefficient (Wildman–Crippen LogP) is 2.33. The molecule has 0 saturated heterocycles. The first-order valence-corrected chi connectivity index (χ1v) is 5.12. The molecule has 0 bridgehead atoms. The van der Waals surface area contributed by atoms with Gasteiger partial charge in [0.05, 0.1) is 10.6 Å². The van der Waals surface area contributed by atoms with Gasteiger partial charge >= 0.3 is 0 Å². The number of nitrogens with zero attached hydrogens (tertiary/aromatic N) is 2. The maximum atomic E-state index is 10.7. The van der Waals surface area contributed by atoms with E-state index in [4.69, 9.17) is 9.94 Å². The van der Waals surface area contributed by atoms with Gasteiger partial charge in [0.25, 0.3) is 5.69 Å². The van der Waals surface area contributed by atoms with Gasteiger partial charge in [0.1, 0.15) is 11.4 Å². The molecule has 0 unspecified atom stereocenters. The van der Waals surface area contributed by atoms with E-state index in [1.807, 2.05) is 13.8 Å². The summed E-state index contributed by atoms with van der Waals surface area (Å²) in [7, 11) is 0. The molecule has 0 amide bonds. The number of fused-ring (bicyclic) bond motifs is 1. The van der Waals surface area contributed by atoms with Crippen LogP contribution in [0.3, 0.4) is 0 Å². The van der Waals surface area contributed by atoms with Crippen LogP contribution in [-0.4, -0.2) is 21.4 Å². The van der Waals surface area contributed by atoms with Crippen molar-refractivity contribution in [3.63, 3.8) is 0 Å². The van der Waals surface area contributed by atoms with Crippen molar-refractivity contribution in [2.75, 3.05) is 0 Å². The van der Waals surface area contributed by atoms with Crippen LogP contribution < -0.4 is 4.74 Å². The summed E-state index contributed by atoms with van der Waals surface area (Å²) in [6, 6.07) is 4.26. The average molecular weight is 236 g/mol. The Labute approximate surface area is 97.7 Å². The summed E-state index contributed by atoms with van der Waals surface area (Å²) in [6.45, 7) is 3.73. The van der Waals surface area contributed by atoms with Gasteiger partial charge in [0.2, 0.25) is 0 Å². The summed E-state index contributed by atoms with van der Waals surface area (Å²) < 4.78 is 5.67. The normalized spacial score (nSPS) is 19.5. The Bertz CT molecular complexity index is 508. The summed E-state index contributed by atoms with van der Waals surface area (Å²) in [5, 5.41) is 22.8. The third kappa shape index (κ3) is 2.06. The number of rotatable bonds is 1. The first-order valence-electron chi connectivity index (χ1n) is 5.12. The van der Waals surface area contributed by atoms with E-state index in [-0.39, 0.29) is 5.69 Å². The first kappa shape index (κ1) is 11.4. The highest BCUT2D eigenvalue weighted by atomic mass is 16.6.